The van der Waals surface area contributed by atoms with Gasteiger partial charge < -0.3 is 10.1 Å². The Hall–Kier alpha value is -1.21. The van der Waals surface area contributed by atoms with Gasteiger partial charge in [-0.25, -0.2) is 0 Å². The molecule has 1 atom stereocenters. The predicted octanol–water partition coefficient (Wildman–Crippen LogP) is 2.62. The number of nitro benzene ring substituents is 1. The van der Waals surface area contributed by atoms with Crippen LogP contribution in [0.4, 0.5) is 5.69 Å². The van der Waals surface area contributed by atoms with Crippen molar-refractivity contribution >= 4 is 17.3 Å². The lowest BCUT2D eigenvalue weighted by molar-refractivity contribution is -0.386. The maximum absolute atomic E-state index is 11.5. The summed E-state index contributed by atoms with van der Waals surface area (Å²) in [5, 5.41) is 15.4. The molecule has 3 rings (SSSR count). The number of piperazine rings is 1. The number of hydrogen-bond donors (Lipinski definition) is 1. The van der Waals surface area contributed by atoms with Gasteiger partial charge in [-0.3, -0.25) is 15.0 Å². The van der Waals surface area contributed by atoms with Crippen molar-refractivity contribution in [2.75, 3.05) is 39.4 Å². The quantitative estimate of drug-likeness (QED) is 0.674. The number of ether oxygens (including phenoxy) is 1. The third kappa shape index (κ3) is 3.83. The summed E-state index contributed by atoms with van der Waals surface area (Å²) in [5.74, 6) is 0.360. The molecule has 2 heterocycles. The van der Waals surface area contributed by atoms with Gasteiger partial charge in [0.15, 0.2) is 0 Å². The van der Waals surface area contributed by atoms with Crippen LogP contribution in [0.1, 0.15) is 24.4 Å². The second kappa shape index (κ2) is 7.57. The van der Waals surface area contributed by atoms with E-state index >= 15 is 0 Å². The Morgan fingerprint density at radius 3 is 2.65 bits per heavy atom. The zero-order valence-electron chi connectivity index (χ0n) is 13.0. The van der Waals surface area contributed by atoms with Crippen molar-refractivity contribution in [3.05, 3.63) is 38.9 Å². The Labute approximate surface area is 140 Å². The minimum atomic E-state index is -0.291. The molecule has 0 radical (unpaired) electrons. The fourth-order valence-electron chi connectivity index (χ4n) is 3.67. The first-order chi connectivity index (χ1) is 11.2. The predicted molar refractivity (Wildman–Crippen MR) is 88.8 cm³/mol. The number of rotatable bonds is 4. The van der Waals surface area contributed by atoms with Crippen molar-refractivity contribution < 1.29 is 9.66 Å². The van der Waals surface area contributed by atoms with Crippen LogP contribution in [0.5, 0.6) is 0 Å². The zero-order chi connectivity index (χ0) is 16.2. The molecule has 0 spiro atoms. The summed E-state index contributed by atoms with van der Waals surface area (Å²) in [6.45, 7) is 5.06. The van der Waals surface area contributed by atoms with Gasteiger partial charge in [0.25, 0.3) is 5.69 Å². The van der Waals surface area contributed by atoms with Gasteiger partial charge in [-0.15, -0.1) is 0 Å². The van der Waals surface area contributed by atoms with Gasteiger partial charge in [-0.2, -0.15) is 0 Å². The molecule has 1 aromatic carbocycles. The number of benzene rings is 1. The van der Waals surface area contributed by atoms with E-state index in [4.69, 9.17) is 16.3 Å². The van der Waals surface area contributed by atoms with Crippen molar-refractivity contribution in [3.8, 4) is 0 Å². The van der Waals surface area contributed by atoms with E-state index in [-0.39, 0.29) is 16.7 Å². The lowest BCUT2D eigenvalue weighted by Crippen LogP contribution is -2.47. The van der Waals surface area contributed by atoms with Crippen LogP contribution in [0.15, 0.2) is 18.2 Å². The van der Waals surface area contributed by atoms with Crippen LogP contribution in [0.3, 0.4) is 0 Å². The number of halogens is 1. The normalized spacial score (nSPS) is 22.0. The summed E-state index contributed by atoms with van der Waals surface area (Å²) >= 11 is 6.17. The molecule has 6 nitrogen and oxygen atoms in total. The van der Waals surface area contributed by atoms with E-state index in [9.17, 15) is 10.1 Å². The van der Waals surface area contributed by atoms with Crippen LogP contribution >= 0.6 is 11.6 Å². The second-order valence-corrected chi connectivity index (χ2v) is 6.58. The van der Waals surface area contributed by atoms with E-state index in [0.717, 1.165) is 57.8 Å². The number of hydrogen-bond acceptors (Lipinski definition) is 5. The van der Waals surface area contributed by atoms with Crippen LogP contribution in [0.25, 0.3) is 0 Å². The van der Waals surface area contributed by atoms with Gasteiger partial charge in [-0.1, -0.05) is 11.6 Å². The summed E-state index contributed by atoms with van der Waals surface area (Å²) in [4.78, 5) is 13.6. The van der Waals surface area contributed by atoms with Crippen molar-refractivity contribution in [2.24, 2.45) is 5.92 Å². The number of nitrogens with one attached hydrogen (secondary N) is 1. The highest BCUT2D eigenvalue weighted by atomic mass is 35.5. The minimum absolute atomic E-state index is 0.0279. The van der Waals surface area contributed by atoms with Gasteiger partial charge in [-0.05, 0) is 30.9 Å². The molecule has 0 aliphatic carbocycles. The summed E-state index contributed by atoms with van der Waals surface area (Å²) in [6, 6.07) is 4.94. The van der Waals surface area contributed by atoms with E-state index in [1.165, 1.54) is 6.07 Å². The van der Waals surface area contributed by atoms with E-state index < -0.39 is 0 Å². The molecule has 2 fully saturated rings. The molecule has 126 valence electrons. The second-order valence-electron chi connectivity index (χ2n) is 6.14. The summed E-state index contributed by atoms with van der Waals surface area (Å²) in [7, 11) is 0. The fraction of sp³-hybridized carbons (Fsp3) is 0.625. The molecular formula is C16H22ClN3O3. The van der Waals surface area contributed by atoms with Crippen molar-refractivity contribution in [1.82, 2.24) is 10.2 Å². The van der Waals surface area contributed by atoms with Crippen LogP contribution in [0, 0.1) is 16.0 Å². The Bertz CT molecular complexity index is 540. The van der Waals surface area contributed by atoms with Crippen LogP contribution in [-0.2, 0) is 4.74 Å². The first-order valence-corrected chi connectivity index (χ1v) is 8.51. The average molecular weight is 340 g/mol. The lowest BCUT2D eigenvalue weighted by Gasteiger charge is -2.40. The zero-order valence-corrected chi connectivity index (χ0v) is 13.8. The molecule has 0 bridgehead atoms. The first-order valence-electron chi connectivity index (χ1n) is 8.13. The van der Waals surface area contributed by atoms with Crippen LogP contribution in [-0.4, -0.2) is 49.2 Å². The first kappa shape index (κ1) is 16.6. The fourth-order valence-corrected chi connectivity index (χ4v) is 3.85. The number of nitrogens with zero attached hydrogens (tertiary/aromatic N) is 2. The summed E-state index contributed by atoms with van der Waals surface area (Å²) in [5.41, 5.74) is 0.917. The summed E-state index contributed by atoms with van der Waals surface area (Å²) < 4.78 is 5.48. The van der Waals surface area contributed by atoms with E-state index in [1.54, 1.807) is 12.1 Å². The molecule has 1 aromatic rings. The highest BCUT2D eigenvalue weighted by Crippen LogP contribution is 2.40. The third-order valence-corrected chi connectivity index (χ3v) is 5.00. The van der Waals surface area contributed by atoms with Crippen molar-refractivity contribution in [2.45, 2.75) is 18.9 Å². The van der Waals surface area contributed by atoms with Crippen LogP contribution in [0.2, 0.25) is 5.02 Å². The highest BCUT2D eigenvalue weighted by molar-refractivity contribution is 6.30. The largest absolute Gasteiger partial charge is 0.381 e. The molecule has 23 heavy (non-hydrogen) atoms. The molecular weight excluding hydrogens is 318 g/mol. The molecule has 2 aliphatic heterocycles. The number of nitro groups is 1. The third-order valence-electron chi connectivity index (χ3n) is 4.76. The van der Waals surface area contributed by atoms with E-state index in [2.05, 4.69) is 10.2 Å². The van der Waals surface area contributed by atoms with E-state index in [0.29, 0.717) is 10.9 Å². The van der Waals surface area contributed by atoms with Gasteiger partial charge in [0.2, 0.25) is 0 Å². The molecule has 0 amide bonds. The maximum atomic E-state index is 11.5. The molecule has 2 saturated heterocycles. The smallest absolute Gasteiger partial charge is 0.274 e. The molecule has 7 heteroatoms. The molecule has 0 aromatic heterocycles. The topological polar surface area (TPSA) is 67.6 Å². The van der Waals surface area contributed by atoms with Crippen molar-refractivity contribution in [1.29, 1.82) is 0 Å². The van der Waals surface area contributed by atoms with Gasteiger partial charge in [0.05, 0.1) is 4.92 Å². The standard InChI is InChI=1S/C16H22ClN3O3/c17-13-1-2-15(20(21)22)14(11-13)16(12-3-9-23-10-4-12)19-7-5-18-6-8-19/h1-2,11-12,16,18H,3-10H2/t16-/m0/s1. The molecule has 1 N–H and O–H groups in total. The highest BCUT2D eigenvalue weighted by Gasteiger charge is 2.35. The Morgan fingerprint density at radius 2 is 2.00 bits per heavy atom. The molecule has 0 saturated carbocycles. The van der Waals surface area contributed by atoms with Gasteiger partial charge in [0.1, 0.15) is 0 Å². The molecule has 0 unspecified atom stereocenters. The van der Waals surface area contributed by atoms with Gasteiger partial charge in [0, 0.05) is 62.1 Å². The Morgan fingerprint density at radius 1 is 1.30 bits per heavy atom. The lowest BCUT2D eigenvalue weighted by atomic mass is 9.85. The monoisotopic (exact) mass is 339 g/mol. The Kier molecular flexibility index (Phi) is 5.48. The SMILES string of the molecule is O=[N+]([O-])c1ccc(Cl)cc1[C@H](C1CCOCC1)N1CCNCC1. The van der Waals surface area contributed by atoms with Gasteiger partial charge >= 0.3 is 0 Å². The maximum Gasteiger partial charge on any atom is 0.274 e. The minimum Gasteiger partial charge on any atom is -0.381 e. The van der Waals surface area contributed by atoms with Crippen molar-refractivity contribution in [3.63, 3.8) is 0 Å². The summed E-state index contributed by atoms with van der Waals surface area (Å²) in [6.07, 6.45) is 1.86. The van der Waals surface area contributed by atoms with E-state index in [1.807, 2.05) is 0 Å². The molecule has 2 aliphatic rings. The Balaban J connectivity index is 1.99. The average Bonchev–Trinajstić information content (AvgIpc) is 2.57. The van der Waals surface area contributed by atoms with Crippen LogP contribution < -0.4 is 5.32 Å².